The van der Waals surface area contributed by atoms with Crippen LogP contribution < -0.4 is 10.1 Å². The summed E-state index contributed by atoms with van der Waals surface area (Å²) in [6.07, 6.45) is 7.74. The van der Waals surface area contributed by atoms with Crippen LogP contribution in [0.15, 0.2) is 36.9 Å². The average Bonchev–Trinajstić information content (AvgIpc) is 2.49. The van der Waals surface area contributed by atoms with Gasteiger partial charge in [-0.3, -0.25) is 0 Å². The van der Waals surface area contributed by atoms with Crippen molar-refractivity contribution in [1.29, 1.82) is 0 Å². The van der Waals surface area contributed by atoms with Gasteiger partial charge in [0.05, 0.1) is 6.61 Å². The van der Waals surface area contributed by atoms with Gasteiger partial charge in [0, 0.05) is 6.04 Å². The van der Waals surface area contributed by atoms with Gasteiger partial charge in [-0.05, 0) is 56.3 Å². The highest BCUT2D eigenvalue weighted by atomic mass is 16.5. The Morgan fingerprint density at radius 1 is 1.15 bits per heavy atom. The molecule has 20 heavy (non-hydrogen) atoms. The highest BCUT2D eigenvalue weighted by Crippen LogP contribution is 2.20. The summed E-state index contributed by atoms with van der Waals surface area (Å²) in [6.45, 7) is 9.89. The largest absolute Gasteiger partial charge is 0.494 e. The molecule has 0 aliphatic heterocycles. The summed E-state index contributed by atoms with van der Waals surface area (Å²) in [5.74, 6) is 0.976. The molecule has 0 saturated carbocycles. The summed E-state index contributed by atoms with van der Waals surface area (Å²) in [6, 6.07) is 8.96. The lowest BCUT2D eigenvalue weighted by atomic mass is 10.0. The Morgan fingerprint density at radius 3 is 2.50 bits per heavy atom. The van der Waals surface area contributed by atoms with Gasteiger partial charge in [0.2, 0.25) is 0 Å². The minimum absolute atomic E-state index is 0.452. The Morgan fingerprint density at radius 2 is 1.90 bits per heavy atom. The highest BCUT2D eigenvalue weighted by Gasteiger charge is 2.07. The van der Waals surface area contributed by atoms with E-state index in [4.69, 9.17) is 4.74 Å². The summed E-state index contributed by atoms with van der Waals surface area (Å²) in [5, 5.41) is 3.49. The fourth-order valence-corrected chi connectivity index (χ4v) is 2.30. The smallest absolute Gasteiger partial charge is 0.119 e. The normalized spacial score (nSPS) is 12.1. The zero-order valence-electron chi connectivity index (χ0n) is 13.0. The topological polar surface area (TPSA) is 21.3 Å². The zero-order valence-corrected chi connectivity index (χ0v) is 13.0. The van der Waals surface area contributed by atoms with Crippen LogP contribution in [0.2, 0.25) is 0 Å². The molecular formula is C18H29NO. The van der Waals surface area contributed by atoms with Crippen LogP contribution >= 0.6 is 0 Å². The van der Waals surface area contributed by atoms with Crippen LogP contribution in [0.25, 0.3) is 0 Å². The van der Waals surface area contributed by atoms with Gasteiger partial charge >= 0.3 is 0 Å². The van der Waals surface area contributed by atoms with E-state index >= 15 is 0 Å². The van der Waals surface area contributed by atoms with Crippen LogP contribution in [-0.2, 0) is 0 Å². The average molecular weight is 275 g/mol. The predicted molar refractivity (Wildman–Crippen MR) is 87.3 cm³/mol. The van der Waals surface area contributed by atoms with Gasteiger partial charge in [0.25, 0.3) is 0 Å². The van der Waals surface area contributed by atoms with E-state index < -0.39 is 0 Å². The first-order chi connectivity index (χ1) is 9.81. The van der Waals surface area contributed by atoms with Crippen molar-refractivity contribution >= 4 is 0 Å². The van der Waals surface area contributed by atoms with Gasteiger partial charge < -0.3 is 10.1 Å². The van der Waals surface area contributed by atoms with E-state index in [1.54, 1.807) is 0 Å². The van der Waals surface area contributed by atoms with Crippen molar-refractivity contribution in [2.45, 2.75) is 52.0 Å². The Bertz CT molecular complexity index is 358. The second-order valence-corrected chi connectivity index (χ2v) is 5.07. The van der Waals surface area contributed by atoms with Crippen LogP contribution in [0.5, 0.6) is 5.75 Å². The molecule has 0 saturated heterocycles. The molecule has 0 bridgehead atoms. The maximum Gasteiger partial charge on any atom is 0.119 e. The molecule has 0 aliphatic carbocycles. The van der Waals surface area contributed by atoms with Crippen molar-refractivity contribution in [3.8, 4) is 5.75 Å². The minimum atomic E-state index is 0.452. The minimum Gasteiger partial charge on any atom is -0.494 e. The Labute approximate surface area is 124 Å². The summed E-state index contributed by atoms with van der Waals surface area (Å²) >= 11 is 0. The number of rotatable bonds is 11. The molecule has 0 aliphatic rings. The molecule has 2 nitrogen and oxygen atoms in total. The third-order valence-electron chi connectivity index (χ3n) is 3.46. The second-order valence-electron chi connectivity index (χ2n) is 5.07. The molecule has 0 amide bonds. The van der Waals surface area contributed by atoms with Crippen molar-refractivity contribution in [1.82, 2.24) is 5.32 Å². The highest BCUT2D eigenvalue weighted by molar-refractivity contribution is 5.29. The third kappa shape index (κ3) is 6.25. The third-order valence-corrected chi connectivity index (χ3v) is 3.46. The molecule has 112 valence electrons. The molecule has 0 radical (unpaired) electrons. The number of benzene rings is 1. The predicted octanol–water partition coefficient (Wildman–Crippen LogP) is 4.87. The SMILES string of the molecule is C=CCCCCCOc1ccc(C(CC)NCC)cc1. The van der Waals surface area contributed by atoms with Gasteiger partial charge in [-0.1, -0.05) is 32.1 Å². The van der Waals surface area contributed by atoms with Crippen LogP contribution in [-0.4, -0.2) is 13.2 Å². The molecule has 1 aromatic carbocycles. The molecule has 2 heteroatoms. The summed E-state index contributed by atoms with van der Waals surface area (Å²) in [5.41, 5.74) is 1.34. The molecule has 1 rings (SSSR count). The number of hydrogen-bond acceptors (Lipinski definition) is 2. The first-order valence-corrected chi connectivity index (χ1v) is 7.88. The van der Waals surface area contributed by atoms with Crippen LogP contribution in [0.1, 0.15) is 57.6 Å². The van der Waals surface area contributed by atoms with E-state index in [2.05, 4.69) is 50.0 Å². The first kappa shape index (κ1) is 16.8. The Kier molecular flexibility index (Phi) is 8.81. The first-order valence-electron chi connectivity index (χ1n) is 7.88. The van der Waals surface area contributed by atoms with Gasteiger partial charge in [-0.25, -0.2) is 0 Å². The molecule has 1 atom stereocenters. The lowest BCUT2D eigenvalue weighted by Crippen LogP contribution is -2.19. The summed E-state index contributed by atoms with van der Waals surface area (Å²) in [7, 11) is 0. The summed E-state index contributed by atoms with van der Waals surface area (Å²) < 4.78 is 5.77. The number of allylic oxidation sites excluding steroid dienone is 1. The van der Waals surface area contributed by atoms with E-state index in [0.717, 1.165) is 38.2 Å². The molecule has 1 N–H and O–H groups in total. The van der Waals surface area contributed by atoms with E-state index in [0.29, 0.717) is 6.04 Å². The number of hydrogen-bond donors (Lipinski definition) is 1. The Hall–Kier alpha value is -1.28. The fraction of sp³-hybridized carbons (Fsp3) is 0.556. The maximum absolute atomic E-state index is 5.77. The van der Waals surface area contributed by atoms with Crippen molar-refractivity contribution in [3.05, 3.63) is 42.5 Å². The lowest BCUT2D eigenvalue weighted by Gasteiger charge is -2.16. The van der Waals surface area contributed by atoms with Crippen molar-refractivity contribution < 1.29 is 4.74 Å². The monoisotopic (exact) mass is 275 g/mol. The molecule has 1 unspecified atom stereocenters. The molecule has 0 aromatic heterocycles. The van der Waals surface area contributed by atoms with E-state index in [1.807, 2.05) is 6.08 Å². The molecule has 0 fully saturated rings. The second kappa shape index (κ2) is 10.5. The number of ether oxygens (including phenoxy) is 1. The quantitative estimate of drug-likeness (QED) is 0.459. The van der Waals surface area contributed by atoms with Gasteiger partial charge in [0.1, 0.15) is 5.75 Å². The summed E-state index contributed by atoms with van der Waals surface area (Å²) in [4.78, 5) is 0. The molecule has 0 spiro atoms. The standard InChI is InChI=1S/C18H29NO/c1-4-7-8-9-10-15-20-17-13-11-16(12-14-17)18(5-2)19-6-3/h4,11-14,18-19H,1,5-10,15H2,2-3H3. The Balaban J connectivity index is 2.32. The van der Waals surface area contributed by atoms with E-state index in [-0.39, 0.29) is 0 Å². The molecular weight excluding hydrogens is 246 g/mol. The van der Waals surface area contributed by atoms with Crippen molar-refractivity contribution in [3.63, 3.8) is 0 Å². The van der Waals surface area contributed by atoms with Crippen molar-refractivity contribution in [2.24, 2.45) is 0 Å². The van der Waals surface area contributed by atoms with Crippen LogP contribution in [0.3, 0.4) is 0 Å². The lowest BCUT2D eigenvalue weighted by molar-refractivity contribution is 0.305. The van der Waals surface area contributed by atoms with Gasteiger partial charge in [-0.15, -0.1) is 6.58 Å². The maximum atomic E-state index is 5.77. The zero-order chi connectivity index (χ0) is 14.6. The van der Waals surface area contributed by atoms with E-state index in [9.17, 15) is 0 Å². The fourth-order valence-electron chi connectivity index (χ4n) is 2.30. The van der Waals surface area contributed by atoms with Crippen LogP contribution in [0.4, 0.5) is 0 Å². The van der Waals surface area contributed by atoms with E-state index in [1.165, 1.54) is 18.4 Å². The number of unbranched alkanes of at least 4 members (excludes halogenated alkanes) is 3. The van der Waals surface area contributed by atoms with Crippen LogP contribution in [0, 0.1) is 0 Å². The van der Waals surface area contributed by atoms with Crippen molar-refractivity contribution in [2.75, 3.05) is 13.2 Å². The van der Waals surface area contributed by atoms with Gasteiger partial charge in [0.15, 0.2) is 0 Å². The number of nitrogens with one attached hydrogen (secondary N) is 1. The molecule has 1 aromatic rings. The molecule has 0 heterocycles. The van der Waals surface area contributed by atoms with Gasteiger partial charge in [-0.2, -0.15) is 0 Å².